The summed E-state index contributed by atoms with van der Waals surface area (Å²) < 4.78 is 10.0. The highest BCUT2D eigenvalue weighted by atomic mass is 16.6. The Balaban J connectivity index is 2.90. The van der Waals surface area contributed by atoms with Crippen molar-refractivity contribution in [3.8, 4) is 5.75 Å². The number of anilines is 1. The number of hydrogen-bond donors (Lipinski definition) is 0. The Morgan fingerprint density at radius 1 is 1.38 bits per heavy atom. The van der Waals surface area contributed by atoms with Gasteiger partial charge in [0.15, 0.2) is 0 Å². The molecule has 1 rings (SSSR count). The first-order chi connectivity index (χ1) is 9.97. The van der Waals surface area contributed by atoms with E-state index in [-0.39, 0.29) is 18.1 Å². The molecule has 1 aromatic carbocycles. The van der Waals surface area contributed by atoms with Crippen molar-refractivity contribution in [2.75, 3.05) is 32.2 Å². The second-order valence-electron chi connectivity index (χ2n) is 4.54. The SMILES string of the molecule is CCCOc1cc(N(C)CCC(=O)OC)cc([N+](=O)[O-])c1. The molecule has 0 bridgehead atoms. The van der Waals surface area contributed by atoms with Gasteiger partial charge in [0, 0.05) is 31.4 Å². The number of benzene rings is 1. The fourth-order valence-electron chi connectivity index (χ4n) is 1.69. The fraction of sp³-hybridized carbons (Fsp3) is 0.500. The molecule has 0 aliphatic carbocycles. The van der Waals surface area contributed by atoms with Crippen LogP contribution in [0.1, 0.15) is 19.8 Å². The van der Waals surface area contributed by atoms with Gasteiger partial charge in [0.25, 0.3) is 5.69 Å². The lowest BCUT2D eigenvalue weighted by molar-refractivity contribution is -0.384. The summed E-state index contributed by atoms with van der Waals surface area (Å²) in [5, 5.41) is 11.0. The summed E-state index contributed by atoms with van der Waals surface area (Å²) in [7, 11) is 3.08. The molecule has 0 aliphatic heterocycles. The fourth-order valence-corrected chi connectivity index (χ4v) is 1.69. The summed E-state index contributed by atoms with van der Waals surface area (Å²) in [6.07, 6.45) is 1.02. The maximum Gasteiger partial charge on any atom is 0.307 e. The summed E-state index contributed by atoms with van der Waals surface area (Å²) in [5.74, 6) is 0.126. The van der Waals surface area contributed by atoms with Crippen LogP contribution in [-0.2, 0) is 9.53 Å². The molecule has 0 aromatic heterocycles. The van der Waals surface area contributed by atoms with Gasteiger partial charge in [-0.2, -0.15) is 0 Å². The Labute approximate surface area is 123 Å². The largest absolute Gasteiger partial charge is 0.493 e. The number of methoxy groups -OCH3 is 1. The van der Waals surface area contributed by atoms with Crippen LogP contribution in [0.25, 0.3) is 0 Å². The Morgan fingerprint density at radius 3 is 2.67 bits per heavy atom. The normalized spacial score (nSPS) is 10.0. The van der Waals surface area contributed by atoms with Crippen LogP contribution in [0, 0.1) is 10.1 Å². The number of esters is 1. The number of non-ortho nitro benzene ring substituents is 1. The first kappa shape index (κ1) is 16.7. The summed E-state index contributed by atoms with van der Waals surface area (Å²) in [5.41, 5.74) is 0.586. The van der Waals surface area contributed by atoms with Crippen molar-refractivity contribution in [3.05, 3.63) is 28.3 Å². The first-order valence-corrected chi connectivity index (χ1v) is 6.68. The Hall–Kier alpha value is -2.31. The second-order valence-corrected chi connectivity index (χ2v) is 4.54. The van der Waals surface area contributed by atoms with Gasteiger partial charge in [-0.25, -0.2) is 0 Å². The molecule has 1 aromatic rings. The third-order valence-electron chi connectivity index (χ3n) is 2.88. The van der Waals surface area contributed by atoms with Gasteiger partial charge in [0.1, 0.15) is 5.75 Å². The molecule has 0 aliphatic rings. The lowest BCUT2D eigenvalue weighted by Crippen LogP contribution is -2.21. The molecule has 0 spiro atoms. The van der Waals surface area contributed by atoms with Crippen LogP contribution in [0.3, 0.4) is 0 Å². The van der Waals surface area contributed by atoms with Gasteiger partial charge in [0.2, 0.25) is 0 Å². The van der Waals surface area contributed by atoms with Crippen molar-refractivity contribution in [2.45, 2.75) is 19.8 Å². The molecule has 0 saturated heterocycles. The number of carbonyl (C=O) groups is 1. The molecule has 0 N–H and O–H groups in total. The number of ether oxygens (including phenoxy) is 2. The van der Waals surface area contributed by atoms with E-state index in [1.807, 2.05) is 6.92 Å². The number of nitro groups is 1. The molecule has 0 unspecified atom stereocenters. The van der Waals surface area contributed by atoms with Crippen LogP contribution in [0.15, 0.2) is 18.2 Å². The first-order valence-electron chi connectivity index (χ1n) is 6.68. The van der Waals surface area contributed by atoms with E-state index in [9.17, 15) is 14.9 Å². The van der Waals surface area contributed by atoms with Gasteiger partial charge in [-0.1, -0.05) is 6.92 Å². The number of nitro benzene ring substituents is 1. The van der Waals surface area contributed by atoms with Crippen LogP contribution >= 0.6 is 0 Å². The molecule has 0 atom stereocenters. The van der Waals surface area contributed by atoms with Gasteiger partial charge in [-0.15, -0.1) is 0 Å². The Morgan fingerprint density at radius 2 is 2.10 bits per heavy atom. The highest BCUT2D eigenvalue weighted by Gasteiger charge is 2.14. The maximum atomic E-state index is 11.1. The maximum absolute atomic E-state index is 11.1. The molecule has 0 amide bonds. The minimum Gasteiger partial charge on any atom is -0.493 e. The monoisotopic (exact) mass is 296 g/mol. The van der Waals surface area contributed by atoms with E-state index in [1.54, 1.807) is 18.0 Å². The van der Waals surface area contributed by atoms with E-state index in [4.69, 9.17) is 4.74 Å². The molecule has 116 valence electrons. The van der Waals surface area contributed by atoms with Crippen molar-refractivity contribution < 1.29 is 19.2 Å². The summed E-state index contributed by atoms with van der Waals surface area (Å²) in [6.45, 7) is 2.86. The van der Waals surface area contributed by atoms with E-state index in [1.165, 1.54) is 19.2 Å². The zero-order valence-electron chi connectivity index (χ0n) is 12.5. The van der Waals surface area contributed by atoms with Crippen LogP contribution in [0.4, 0.5) is 11.4 Å². The molecule has 21 heavy (non-hydrogen) atoms. The van der Waals surface area contributed by atoms with Crippen LogP contribution in [0.5, 0.6) is 5.75 Å². The minimum atomic E-state index is -0.462. The molecule has 0 saturated carbocycles. The molecule has 0 fully saturated rings. The number of nitrogens with zero attached hydrogens (tertiary/aromatic N) is 2. The molecular formula is C14H20N2O5. The van der Waals surface area contributed by atoms with Crippen LogP contribution < -0.4 is 9.64 Å². The lowest BCUT2D eigenvalue weighted by atomic mass is 10.2. The number of rotatable bonds is 8. The van der Waals surface area contributed by atoms with E-state index in [2.05, 4.69) is 4.74 Å². The van der Waals surface area contributed by atoms with E-state index >= 15 is 0 Å². The summed E-state index contributed by atoms with van der Waals surface area (Å²) in [4.78, 5) is 23.4. The second kappa shape index (κ2) is 8.08. The van der Waals surface area contributed by atoms with Crippen molar-refractivity contribution in [2.24, 2.45) is 0 Å². The number of hydrogen-bond acceptors (Lipinski definition) is 6. The van der Waals surface area contributed by atoms with Crippen molar-refractivity contribution in [3.63, 3.8) is 0 Å². The highest BCUT2D eigenvalue weighted by molar-refractivity contribution is 5.70. The van der Waals surface area contributed by atoms with Crippen LogP contribution in [-0.4, -0.2) is 38.2 Å². The van der Waals surface area contributed by atoms with E-state index < -0.39 is 4.92 Å². The lowest BCUT2D eigenvalue weighted by Gasteiger charge is -2.19. The predicted molar refractivity (Wildman–Crippen MR) is 78.8 cm³/mol. The Kier molecular flexibility index (Phi) is 6.45. The van der Waals surface area contributed by atoms with E-state index in [0.717, 1.165) is 6.42 Å². The zero-order valence-corrected chi connectivity index (χ0v) is 12.5. The molecule has 0 radical (unpaired) electrons. The van der Waals surface area contributed by atoms with Crippen LogP contribution in [0.2, 0.25) is 0 Å². The van der Waals surface area contributed by atoms with Gasteiger partial charge >= 0.3 is 5.97 Å². The molecule has 7 nitrogen and oxygen atoms in total. The van der Waals surface area contributed by atoms with Crippen molar-refractivity contribution in [1.82, 2.24) is 0 Å². The molecular weight excluding hydrogens is 276 g/mol. The topological polar surface area (TPSA) is 81.9 Å². The average molecular weight is 296 g/mol. The van der Waals surface area contributed by atoms with Gasteiger partial charge in [-0.3, -0.25) is 14.9 Å². The zero-order chi connectivity index (χ0) is 15.8. The van der Waals surface area contributed by atoms with E-state index in [0.29, 0.717) is 24.6 Å². The molecule has 7 heteroatoms. The quantitative estimate of drug-likeness (QED) is 0.416. The summed E-state index contributed by atoms with van der Waals surface area (Å²) >= 11 is 0. The number of carbonyl (C=O) groups excluding carboxylic acids is 1. The standard InChI is InChI=1S/C14H20N2O5/c1-4-7-21-13-9-11(8-12(10-13)16(18)19)15(2)6-5-14(17)20-3/h8-10H,4-7H2,1-3H3. The highest BCUT2D eigenvalue weighted by Crippen LogP contribution is 2.28. The average Bonchev–Trinajstić information content (AvgIpc) is 2.49. The predicted octanol–water partition coefficient (Wildman–Crippen LogP) is 2.38. The smallest absolute Gasteiger partial charge is 0.307 e. The van der Waals surface area contributed by atoms with Gasteiger partial charge < -0.3 is 14.4 Å². The van der Waals surface area contributed by atoms with Crippen molar-refractivity contribution in [1.29, 1.82) is 0 Å². The minimum absolute atomic E-state index is 0.0384. The van der Waals surface area contributed by atoms with Crippen molar-refractivity contribution >= 4 is 17.3 Å². The van der Waals surface area contributed by atoms with Gasteiger partial charge in [0.05, 0.1) is 31.1 Å². The van der Waals surface area contributed by atoms with Gasteiger partial charge in [-0.05, 0) is 6.42 Å². The molecule has 0 heterocycles. The Bertz CT molecular complexity index is 504. The third kappa shape index (κ3) is 5.29. The summed E-state index contributed by atoms with van der Waals surface area (Å²) in [6, 6.07) is 4.57. The third-order valence-corrected chi connectivity index (χ3v) is 2.88.